The number of pyridine rings is 2. The van der Waals surface area contributed by atoms with Gasteiger partial charge in [-0.2, -0.15) is 0 Å². The number of rotatable bonds is 5. The third-order valence-corrected chi connectivity index (χ3v) is 5.91. The number of nitrogens with one attached hydrogen (secondary N) is 2. The molecule has 3 aromatic rings. The van der Waals surface area contributed by atoms with Gasteiger partial charge >= 0.3 is 0 Å². The van der Waals surface area contributed by atoms with Crippen molar-refractivity contribution in [2.45, 2.75) is 52.5 Å². The average molecular weight is 468 g/mol. The highest BCUT2D eigenvalue weighted by Gasteiger charge is 2.28. The van der Waals surface area contributed by atoms with Crippen LogP contribution in [0, 0.1) is 6.92 Å². The molecule has 8 heteroatoms. The van der Waals surface area contributed by atoms with E-state index in [4.69, 9.17) is 0 Å². The summed E-state index contributed by atoms with van der Waals surface area (Å²) in [5.41, 5.74) is 4.13. The van der Waals surface area contributed by atoms with E-state index in [9.17, 15) is 9.59 Å². The van der Waals surface area contributed by atoms with Crippen LogP contribution in [-0.2, 0) is 4.79 Å². The van der Waals surface area contributed by atoms with Crippen molar-refractivity contribution >= 4 is 52.3 Å². The Bertz CT molecular complexity index is 1170. The molecule has 2 N–H and O–H groups in total. The van der Waals surface area contributed by atoms with E-state index in [1.54, 1.807) is 6.20 Å². The van der Waals surface area contributed by atoms with E-state index < -0.39 is 0 Å². The van der Waals surface area contributed by atoms with Gasteiger partial charge in [-0.3, -0.25) is 9.59 Å². The average Bonchev–Trinajstić information content (AvgIpc) is 2.78. The third-order valence-electron chi connectivity index (χ3n) is 5.91. The SMILES string of the molecule is CCC1CCCCN1C(=O)c1cnc2nc(C)ccc2c1Nc1cccc(NC(C)=O)c1.Cl. The summed E-state index contributed by atoms with van der Waals surface area (Å²) in [6.45, 7) is 6.29. The van der Waals surface area contributed by atoms with Gasteiger partial charge in [0.05, 0.1) is 11.3 Å². The van der Waals surface area contributed by atoms with Crippen LogP contribution in [0.2, 0.25) is 0 Å². The molecule has 1 aromatic carbocycles. The van der Waals surface area contributed by atoms with Crippen LogP contribution in [0.3, 0.4) is 0 Å². The number of benzene rings is 1. The van der Waals surface area contributed by atoms with Crippen molar-refractivity contribution < 1.29 is 9.59 Å². The number of anilines is 3. The quantitative estimate of drug-likeness (QED) is 0.519. The number of likely N-dealkylation sites (tertiary alicyclic amines) is 1. The first kappa shape index (κ1) is 24.5. The molecule has 4 rings (SSSR count). The third kappa shape index (κ3) is 5.42. The monoisotopic (exact) mass is 467 g/mol. The number of carbonyl (C=O) groups excluding carboxylic acids is 2. The molecule has 0 bridgehead atoms. The first-order valence-electron chi connectivity index (χ1n) is 11.2. The van der Waals surface area contributed by atoms with E-state index in [2.05, 4.69) is 27.5 Å². The predicted octanol–water partition coefficient (Wildman–Crippen LogP) is 5.47. The van der Waals surface area contributed by atoms with Crippen molar-refractivity contribution in [1.29, 1.82) is 0 Å². The van der Waals surface area contributed by atoms with Gasteiger partial charge in [0.2, 0.25) is 5.91 Å². The molecule has 0 spiro atoms. The molecule has 174 valence electrons. The van der Waals surface area contributed by atoms with Gasteiger partial charge in [0.25, 0.3) is 5.91 Å². The minimum Gasteiger partial charge on any atom is -0.354 e. The summed E-state index contributed by atoms with van der Waals surface area (Å²) in [5, 5.41) is 7.01. The Morgan fingerprint density at radius 2 is 1.94 bits per heavy atom. The van der Waals surface area contributed by atoms with Crippen molar-refractivity contribution in [3.05, 3.63) is 53.9 Å². The van der Waals surface area contributed by atoms with Crippen molar-refractivity contribution in [2.24, 2.45) is 0 Å². The Morgan fingerprint density at radius 3 is 2.70 bits per heavy atom. The number of carbonyl (C=O) groups is 2. The van der Waals surface area contributed by atoms with Crippen LogP contribution < -0.4 is 10.6 Å². The number of halogens is 1. The molecule has 3 heterocycles. The molecule has 1 aliphatic rings. The molecule has 0 radical (unpaired) electrons. The highest BCUT2D eigenvalue weighted by atomic mass is 35.5. The fraction of sp³-hybridized carbons (Fsp3) is 0.360. The van der Waals surface area contributed by atoms with Gasteiger partial charge in [0, 0.05) is 48.2 Å². The summed E-state index contributed by atoms with van der Waals surface area (Å²) < 4.78 is 0. The van der Waals surface area contributed by atoms with Crippen molar-refractivity contribution in [3.63, 3.8) is 0 Å². The summed E-state index contributed by atoms with van der Waals surface area (Å²) in [6.07, 6.45) is 5.78. The summed E-state index contributed by atoms with van der Waals surface area (Å²) in [7, 11) is 0. The molecule has 1 fully saturated rings. The number of aromatic nitrogens is 2. The van der Waals surface area contributed by atoms with E-state index in [-0.39, 0.29) is 30.3 Å². The number of piperidine rings is 1. The van der Waals surface area contributed by atoms with E-state index in [1.807, 2.05) is 48.2 Å². The largest absolute Gasteiger partial charge is 0.354 e. The molecule has 7 nitrogen and oxygen atoms in total. The molecular weight excluding hydrogens is 438 g/mol. The predicted molar refractivity (Wildman–Crippen MR) is 135 cm³/mol. The Labute approximate surface area is 200 Å². The fourth-order valence-corrected chi connectivity index (χ4v) is 4.34. The summed E-state index contributed by atoms with van der Waals surface area (Å²) in [6, 6.07) is 11.6. The highest BCUT2D eigenvalue weighted by molar-refractivity contribution is 6.07. The second-order valence-electron chi connectivity index (χ2n) is 8.31. The lowest BCUT2D eigenvalue weighted by Crippen LogP contribution is -2.43. The molecule has 2 amide bonds. The van der Waals surface area contributed by atoms with Crippen molar-refractivity contribution in [2.75, 3.05) is 17.2 Å². The van der Waals surface area contributed by atoms with Crippen LogP contribution in [0.4, 0.5) is 17.1 Å². The Hall–Kier alpha value is -3.19. The lowest BCUT2D eigenvalue weighted by molar-refractivity contribution is -0.114. The fourth-order valence-electron chi connectivity index (χ4n) is 4.34. The molecule has 1 saturated heterocycles. The minimum absolute atomic E-state index is 0. The molecule has 33 heavy (non-hydrogen) atoms. The topological polar surface area (TPSA) is 87.2 Å². The van der Waals surface area contributed by atoms with E-state index in [0.717, 1.165) is 49.0 Å². The molecular formula is C25H30ClN5O2. The first-order valence-corrected chi connectivity index (χ1v) is 11.2. The van der Waals surface area contributed by atoms with Crippen molar-refractivity contribution in [3.8, 4) is 0 Å². The van der Waals surface area contributed by atoms with E-state index in [1.165, 1.54) is 6.92 Å². The number of nitrogens with zero attached hydrogens (tertiary/aromatic N) is 3. The number of hydrogen-bond acceptors (Lipinski definition) is 5. The lowest BCUT2D eigenvalue weighted by Gasteiger charge is -2.35. The Morgan fingerprint density at radius 1 is 1.15 bits per heavy atom. The second-order valence-corrected chi connectivity index (χ2v) is 8.31. The summed E-state index contributed by atoms with van der Waals surface area (Å²) in [4.78, 5) is 36.2. The van der Waals surface area contributed by atoms with Gasteiger partial charge in [-0.25, -0.2) is 9.97 Å². The van der Waals surface area contributed by atoms with Crippen LogP contribution in [0.15, 0.2) is 42.6 Å². The second kappa shape index (κ2) is 10.6. The zero-order chi connectivity index (χ0) is 22.7. The smallest absolute Gasteiger partial charge is 0.257 e. The highest BCUT2D eigenvalue weighted by Crippen LogP contribution is 2.32. The summed E-state index contributed by atoms with van der Waals surface area (Å²) in [5.74, 6) is -0.144. The van der Waals surface area contributed by atoms with Gasteiger partial charge in [0.15, 0.2) is 5.65 Å². The van der Waals surface area contributed by atoms with E-state index >= 15 is 0 Å². The van der Waals surface area contributed by atoms with E-state index in [0.29, 0.717) is 22.6 Å². The number of fused-ring (bicyclic) bond motifs is 1. The number of hydrogen-bond donors (Lipinski definition) is 2. The Kier molecular flexibility index (Phi) is 7.87. The lowest BCUT2D eigenvalue weighted by atomic mass is 9.98. The van der Waals surface area contributed by atoms with Gasteiger partial charge in [0.1, 0.15) is 0 Å². The van der Waals surface area contributed by atoms with Gasteiger partial charge < -0.3 is 15.5 Å². The van der Waals surface area contributed by atoms with Crippen LogP contribution in [0.5, 0.6) is 0 Å². The zero-order valence-corrected chi connectivity index (χ0v) is 20.0. The zero-order valence-electron chi connectivity index (χ0n) is 19.2. The van der Waals surface area contributed by atoms with Crippen LogP contribution in [0.1, 0.15) is 55.6 Å². The molecule has 1 aliphatic heterocycles. The summed E-state index contributed by atoms with van der Waals surface area (Å²) >= 11 is 0. The standard InChI is InChI=1S/C25H29N5O2.ClH/c1-4-20-10-5-6-13-30(20)25(32)22-15-26-24-21(12-11-16(2)27-24)23(22)29-19-9-7-8-18(14-19)28-17(3)31;/h7-9,11-12,14-15,20H,4-6,10,13H2,1-3H3,(H,28,31)(H,26,27,29);1H. The molecule has 1 atom stereocenters. The van der Waals surface area contributed by atoms with Crippen LogP contribution in [0.25, 0.3) is 11.0 Å². The van der Waals surface area contributed by atoms with Crippen LogP contribution >= 0.6 is 12.4 Å². The molecule has 2 aromatic heterocycles. The van der Waals surface area contributed by atoms with Crippen molar-refractivity contribution in [1.82, 2.24) is 14.9 Å². The molecule has 0 aliphatic carbocycles. The number of amides is 2. The normalized spacial score (nSPS) is 15.6. The number of aryl methyl sites for hydroxylation is 1. The van der Waals surface area contributed by atoms with Gasteiger partial charge in [-0.1, -0.05) is 13.0 Å². The first-order chi connectivity index (χ1) is 15.5. The van der Waals surface area contributed by atoms with Gasteiger partial charge in [-0.15, -0.1) is 12.4 Å². The maximum atomic E-state index is 13.7. The van der Waals surface area contributed by atoms with Crippen LogP contribution in [-0.4, -0.2) is 39.3 Å². The molecule has 0 saturated carbocycles. The maximum absolute atomic E-state index is 13.7. The van der Waals surface area contributed by atoms with Gasteiger partial charge in [-0.05, 0) is 62.9 Å². The maximum Gasteiger partial charge on any atom is 0.257 e. The minimum atomic E-state index is -0.136. The Balaban J connectivity index is 0.00000306. The molecule has 1 unspecified atom stereocenters.